The van der Waals surface area contributed by atoms with E-state index < -0.39 is 17.2 Å². The van der Waals surface area contributed by atoms with E-state index in [1.807, 2.05) is 41.5 Å². The molecule has 12 heteroatoms. The number of nitrogens with zero attached hydrogens (tertiary/aromatic N) is 5. The van der Waals surface area contributed by atoms with E-state index in [1.54, 1.807) is 4.90 Å². The summed E-state index contributed by atoms with van der Waals surface area (Å²) in [6.45, 7) is 12.7. The first kappa shape index (κ1) is 28.3. The molecule has 2 aliphatic rings. The predicted octanol–water partition coefficient (Wildman–Crippen LogP) is 6.20. The first-order valence-corrected chi connectivity index (χ1v) is 14.0. The van der Waals surface area contributed by atoms with E-state index in [0.717, 1.165) is 0 Å². The summed E-state index contributed by atoms with van der Waals surface area (Å²) >= 11 is 6.47. The van der Waals surface area contributed by atoms with Gasteiger partial charge in [-0.25, -0.2) is 13.6 Å². The van der Waals surface area contributed by atoms with Crippen LogP contribution < -0.4 is 10.1 Å². The smallest absolute Gasteiger partial charge is 0.410 e. The van der Waals surface area contributed by atoms with Crippen LogP contribution in [0.5, 0.6) is 5.75 Å². The molecule has 1 aliphatic heterocycles. The molecule has 1 saturated carbocycles. The number of ether oxygens (including phenoxy) is 2. The number of aromatic nitrogens is 4. The van der Waals surface area contributed by atoms with Gasteiger partial charge in [-0.15, -0.1) is 0 Å². The van der Waals surface area contributed by atoms with E-state index in [4.69, 9.17) is 21.1 Å². The molecule has 2 fully saturated rings. The maximum absolute atomic E-state index is 15.6. The normalized spacial score (nSPS) is 21.6. The van der Waals surface area contributed by atoms with Gasteiger partial charge in [0.2, 0.25) is 0 Å². The summed E-state index contributed by atoms with van der Waals surface area (Å²) in [6, 6.07) is 2.29. The van der Waals surface area contributed by atoms with Gasteiger partial charge in [0.1, 0.15) is 40.3 Å². The molecule has 1 N–H and O–H groups in total. The molecule has 4 atom stereocenters. The molecule has 5 rings (SSSR count). The second-order valence-electron chi connectivity index (χ2n) is 12.2. The van der Waals surface area contributed by atoms with Crippen molar-refractivity contribution in [3.63, 3.8) is 0 Å². The Labute approximate surface area is 237 Å². The molecule has 0 bridgehead atoms. The topological polar surface area (TPSA) is 93.9 Å². The lowest BCUT2D eigenvalue weighted by molar-refractivity contribution is 0.0272. The van der Waals surface area contributed by atoms with Crippen LogP contribution in [0, 0.1) is 29.4 Å². The summed E-state index contributed by atoms with van der Waals surface area (Å²) in [5.41, 5.74) is -0.811. The molecule has 1 amide bonds. The summed E-state index contributed by atoms with van der Waals surface area (Å²) in [5.74, 6) is -0.317. The number of hydrogen-bond acceptors (Lipinski definition) is 7. The number of anilines is 1. The van der Waals surface area contributed by atoms with Crippen LogP contribution in [-0.4, -0.2) is 61.4 Å². The molecule has 0 spiro atoms. The molecule has 3 aromatic rings. The van der Waals surface area contributed by atoms with Gasteiger partial charge in [0, 0.05) is 31.3 Å². The largest absolute Gasteiger partial charge is 0.490 e. The summed E-state index contributed by atoms with van der Waals surface area (Å²) in [4.78, 5) is 22.5. The van der Waals surface area contributed by atoms with E-state index in [-0.39, 0.29) is 63.8 Å². The minimum atomic E-state index is -0.826. The molecule has 0 radical (unpaired) electrons. The molecule has 40 heavy (non-hydrogen) atoms. The van der Waals surface area contributed by atoms with Crippen molar-refractivity contribution in [2.75, 3.05) is 18.4 Å². The van der Waals surface area contributed by atoms with Crippen LogP contribution in [-0.2, 0) is 4.74 Å². The molecule has 1 unspecified atom stereocenters. The Kier molecular flexibility index (Phi) is 7.54. The van der Waals surface area contributed by atoms with Gasteiger partial charge in [-0.05, 0) is 58.3 Å². The highest BCUT2D eigenvalue weighted by Gasteiger charge is 2.44. The highest BCUT2D eigenvalue weighted by atomic mass is 35.5. The third-order valence-electron chi connectivity index (χ3n) is 7.68. The lowest BCUT2D eigenvalue weighted by atomic mass is 10.0. The molecule has 1 aliphatic carbocycles. The summed E-state index contributed by atoms with van der Waals surface area (Å²) in [7, 11) is 0. The zero-order chi connectivity index (χ0) is 28.9. The summed E-state index contributed by atoms with van der Waals surface area (Å²) < 4.78 is 44.2. The lowest BCUT2D eigenvalue weighted by Crippen LogP contribution is -2.36. The van der Waals surface area contributed by atoms with Crippen molar-refractivity contribution in [2.45, 2.75) is 72.1 Å². The van der Waals surface area contributed by atoms with Crippen molar-refractivity contribution < 1.29 is 23.0 Å². The highest BCUT2D eigenvalue weighted by Crippen LogP contribution is 2.42. The van der Waals surface area contributed by atoms with Crippen molar-refractivity contribution in [1.82, 2.24) is 24.5 Å². The van der Waals surface area contributed by atoms with Crippen LogP contribution in [0.3, 0.4) is 0 Å². The molecule has 2 aromatic heterocycles. The van der Waals surface area contributed by atoms with Gasteiger partial charge in [-0.1, -0.05) is 25.4 Å². The van der Waals surface area contributed by atoms with E-state index in [2.05, 4.69) is 20.4 Å². The maximum Gasteiger partial charge on any atom is 0.410 e. The molecule has 9 nitrogen and oxygen atoms in total. The monoisotopic (exact) mass is 576 g/mol. The van der Waals surface area contributed by atoms with E-state index in [0.29, 0.717) is 31.7 Å². The number of nitrogens with one attached hydrogen (secondary N) is 1. The van der Waals surface area contributed by atoms with E-state index >= 15 is 8.78 Å². The number of hydrogen-bond donors (Lipinski definition) is 1. The quantitative estimate of drug-likeness (QED) is 0.349. The average molecular weight is 577 g/mol. The van der Waals surface area contributed by atoms with E-state index in [1.165, 1.54) is 23.0 Å². The molecular formula is C28H35ClF2N6O3. The SMILES string of the molecule is CC(C)[C@@H](C)Nc1c(-c2c(F)cc(OC3C[C@@H]4CN(C(=O)OC(C)(C)C)C[C@@H]4C3)cc2F)c(Cl)nc2ncnn12. The van der Waals surface area contributed by atoms with Crippen molar-refractivity contribution in [1.29, 1.82) is 0 Å². The number of fused-ring (bicyclic) bond motifs is 2. The Balaban J connectivity index is 1.35. The van der Waals surface area contributed by atoms with Crippen molar-refractivity contribution >= 4 is 29.3 Å². The van der Waals surface area contributed by atoms with Crippen LogP contribution in [0.4, 0.5) is 19.4 Å². The van der Waals surface area contributed by atoms with Gasteiger partial charge in [0.25, 0.3) is 5.78 Å². The van der Waals surface area contributed by atoms with Gasteiger partial charge in [-0.2, -0.15) is 19.6 Å². The molecule has 1 saturated heterocycles. The zero-order valence-electron chi connectivity index (χ0n) is 23.5. The second kappa shape index (κ2) is 10.6. The lowest BCUT2D eigenvalue weighted by Gasteiger charge is -2.25. The van der Waals surface area contributed by atoms with Crippen LogP contribution in [0.2, 0.25) is 5.15 Å². The Morgan fingerprint density at radius 1 is 1.10 bits per heavy atom. The molecule has 216 valence electrons. The summed E-state index contributed by atoms with van der Waals surface area (Å²) in [5, 5.41) is 7.38. The zero-order valence-corrected chi connectivity index (χ0v) is 24.3. The third-order valence-corrected chi connectivity index (χ3v) is 7.95. The first-order valence-electron chi connectivity index (χ1n) is 13.6. The fourth-order valence-corrected chi connectivity index (χ4v) is 5.68. The Morgan fingerprint density at radius 2 is 1.73 bits per heavy atom. The van der Waals surface area contributed by atoms with Gasteiger partial charge >= 0.3 is 6.09 Å². The second-order valence-corrected chi connectivity index (χ2v) is 12.5. The van der Waals surface area contributed by atoms with Crippen LogP contribution in [0.1, 0.15) is 54.4 Å². The fraction of sp³-hybridized carbons (Fsp3) is 0.571. The number of rotatable bonds is 6. The minimum Gasteiger partial charge on any atom is -0.490 e. The Bertz CT molecular complexity index is 1390. The molecule has 3 heterocycles. The summed E-state index contributed by atoms with van der Waals surface area (Å²) in [6.07, 6.45) is 2.17. The standard InChI is InChI=1S/C28H35ClF2N6O3/c1-14(2)15(3)34-25-23(24(29)35-26-32-13-33-37(25)26)22-20(30)9-19(10-21(22)31)39-18-7-16-11-36(12-17(16)8-18)27(38)40-28(4,5)6/h9-10,13-18,34H,7-8,11-12H2,1-6H3/t15-,16-,17+,18?/m1/s1. The number of carbonyl (C=O) groups is 1. The van der Waals surface area contributed by atoms with Crippen molar-refractivity contribution in [2.24, 2.45) is 17.8 Å². The predicted molar refractivity (Wildman–Crippen MR) is 148 cm³/mol. The molecule has 1 aromatic carbocycles. The maximum atomic E-state index is 15.6. The number of halogens is 3. The highest BCUT2D eigenvalue weighted by molar-refractivity contribution is 6.33. The number of amides is 1. The molecular weight excluding hydrogens is 542 g/mol. The fourth-order valence-electron chi connectivity index (χ4n) is 5.42. The number of carbonyl (C=O) groups excluding carboxylic acids is 1. The van der Waals surface area contributed by atoms with Gasteiger partial charge in [-0.3, -0.25) is 0 Å². The van der Waals surface area contributed by atoms with Crippen LogP contribution in [0.15, 0.2) is 18.5 Å². The Morgan fingerprint density at radius 3 is 2.30 bits per heavy atom. The van der Waals surface area contributed by atoms with Crippen LogP contribution >= 0.6 is 11.6 Å². The van der Waals surface area contributed by atoms with Gasteiger partial charge in [0.05, 0.1) is 17.2 Å². The van der Waals surface area contributed by atoms with Gasteiger partial charge in [0.15, 0.2) is 0 Å². The third kappa shape index (κ3) is 5.66. The number of benzene rings is 1. The minimum absolute atomic E-state index is 0.0614. The first-order chi connectivity index (χ1) is 18.8. The number of likely N-dealkylation sites (tertiary alicyclic amines) is 1. The van der Waals surface area contributed by atoms with E-state index in [9.17, 15) is 4.79 Å². The Hall–Kier alpha value is -3.21. The van der Waals surface area contributed by atoms with Gasteiger partial charge < -0.3 is 19.7 Å². The van der Waals surface area contributed by atoms with Crippen molar-refractivity contribution in [3.8, 4) is 16.9 Å². The van der Waals surface area contributed by atoms with Crippen LogP contribution in [0.25, 0.3) is 16.9 Å². The average Bonchev–Trinajstić information content (AvgIpc) is 3.54. The van der Waals surface area contributed by atoms with Crippen molar-refractivity contribution in [3.05, 3.63) is 35.2 Å².